The Hall–Kier alpha value is -0.260. The second kappa shape index (κ2) is 17.8. The summed E-state index contributed by atoms with van der Waals surface area (Å²) in [4.78, 5) is 0. The van der Waals surface area contributed by atoms with Gasteiger partial charge in [-0.05, 0) is 26.2 Å². The molecule has 0 aromatic rings. The lowest BCUT2D eigenvalue weighted by Gasteiger charge is -2.03. The summed E-state index contributed by atoms with van der Waals surface area (Å²) in [5, 5.41) is 0. The summed E-state index contributed by atoms with van der Waals surface area (Å²) in [5.41, 5.74) is 1.56. The Bertz CT molecular complexity index is 214. The van der Waals surface area contributed by atoms with E-state index in [1.165, 1.54) is 103 Å². The van der Waals surface area contributed by atoms with Crippen LogP contribution in [0.3, 0.4) is 0 Å². The van der Waals surface area contributed by atoms with Crippen LogP contribution in [0.1, 0.15) is 124 Å². The number of hydrogen-bond acceptors (Lipinski definition) is 0. The van der Waals surface area contributed by atoms with E-state index in [0.29, 0.717) is 0 Å². The molecular weight excluding hydrogens is 252 g/mol. The van der Waals surface area contributed by atoms with Gasteiger partial charge in [0.25, 0.3) is 0 Å². The van der Waals surface area contributed by atoms with Crippen LogP contribution in [-0.4, -0.2) is 0 Å². The molecule has 0 N–H and O–H groups in total. The van der Waals surface area contributed by atoms with Gasteiger partial charge in [-0.25, -0.2) is 0 Å². The van der Waals surface area contributed by atoms with Crippen LogP contribution in [-0.2, 0) is 0 Å². The lowest BCUT2D eigenvalue weighted by atomic mass is 10.0. The molecule has 0 atom stereocenters. The van der Waals surface area contributed by atoms with Crippen LogP contribution in [0.2, 0.25) is 0 Å². The highest BCUT2D eigenvalue weighted by Gasteiger charge is 1.94. The van der Waals surface area contributed by atoms with Crippen molar-refractivity contribution in [2.45, 2.75) is 124 Å². The topological polar surface area (TPSA) is 0 Å². The number of allylic oxidation sites excluding steroid dienone is 2. The van der Waals surface area contributed by atoms with Gasteiger partial charge in [-0.2, -0.15) is 0 Å². The molecule has 0 unspecified atom stereocenters. The standard InChI is InChI=1S/C21H42/c1-4-6-7-8-9-10-11-12-13-14-15-16-17-18-19-20-21(3)5-2/h20H,4-19H2,1-3H3/b21-20+. The van der Waals surface area contributed by atoms with Gasteiger partial charge in [0, 0.05) is 0 Å². The average Bonchev–Trinajstić information content (AvgIpc) is 2.50. The lowest BCUT2D eigenvalue weighted by Crippen LogP contribution is -1.83. The van der Waals surface area contributed by atoms with Crippen LogP contribution in [0.25, 0.3) is 0 Å². The summed E-state index contributed by atoms with van der Waals surface area (Å²) < 4.78 is 0. The van der Waals surface area contributed by atoms with E-state index >= 15 is 0 Å². The Morgan fingerprint density at radius 3 is 1.33 bits per heavy atom. The maximum absolute atomic E-state index is 2.43. The first-order valence-corrected chi connectivity index (χ1v) is 9.96. The summed E-state index contributed by atoms with van der Waals surface area (Å²) in [6.07, 6.45) is 25.3. The molecule has 0 spiro atoms. The fourth-order valence-electron chi connectivity index (χ4n) is 2.83. The molecule has 0 heteroatoms. The molecule has 0 aliphatic rings. The van der Waals surface area contributed by atoms with Crippen LogP contribution in [0.15, 0.2) is 11.6 Å². The number of hydrogen-bond donors (Lipinski definition) is 0. The minimum atomic E-state index is 1.22. The summed E-state index contributed by atoms with van der Waals surface area (Å²) >= 11 is 0. The Balaban J connectivity index is 3.03. The van der Waals surface area contributed by atoms with Crippen molar-refractivity contribution in [3.63, 3.8) is 0 Å². The highest BCUT2D eigenvalue weighted by molar-refractivity contribution is 4.96. The molecule has 0 aromatic heterocycles. The molecule has 0 rings (SSSR count). The summed E-state index contributed by atoms with van der Waals surface area (Å²) in [6, 6.07) is 0. The first-order valence-electron chi connectivity index (χ1n) is 9.96. The van der Waals surface area contributed by atoms with Crippen molar-refractivity contribution >= 4 is 0 Å². The van der Waals surface area contributed by atoms with Gasteiger partial charge in [-0.3, -0.25) is 0 Å². The first-order chi connectivity index (χ1) is 10.3. The summed E-state index contributed by atoms with van der Waals surface area (Å²) in [5.74, 6) is 0. The minimum absolute atomic E-state index is 1.22. The lowest BCUT2D eigenvalue weighted by molar-refractivity contribution is 0.536. The van der Waals surface area contributed by atoms with Gasteiger partial charge in [0.1, 0.15) is 0 Å². The predicted octanol–water partition coefficient (Wildman–Crippen LogP) is 8.21. The average molecular weight is 295 g/mol. The molecule has 0 saturated heterocycles. The molecular formula is C21H42. The van der Waals surface area contributed by atoms with E-state index in [9.17, 15) is 0 Å². The second-order valence-corrected chi connectivity index (χ2v) is 6.79. The van der Waals surface area contributed by atoms with Crippen molar-refractivity contribution in [3.8, 4) is 0 Å². The van der Waals surface area contributed by atoms with E-state index < -0.39 is 0 Å². The molecule has 0 amide bonds. The Morgan fingerprint density at radius 1 is 0.571 bits per heavy atom. The Morgan fingerprint density at radius 2 is 0.952 bits per heavy atom. The van der Waals surface area contributed by atoms with Crippen LogP contribution < -0.4 is 0 Å². The van der Waals surface area contributed by atoms with Crippen molar-refractivity contribution in [2.24, 2.45) is 0 Å². The smallest absolute Gasteiger partial charge is 0.0348 e. The fraction of sp³-hybridized carbons (Fsp3) is 0.905. The third kappa shape index (κ3) is 17.7. The minimum Gasteiger partial charge on any atom is -0.0856 e. The van der Waals surface area contributed by atoms with Gasteiger partial charge >= 0.3 is 0 Å². The quantitative estimate of drug-likeness (QED) is 0.199. The number of unbranched alkanes of at least 4 members (excludes halogenated alkanes) is 14. The molecule has 0 saturated carbocycles. The first kappa shape index (κ1) is 20.7. The van der Waals surface area contributed by atoms with E-state index in [1.807, 2.05) is 0 Å². The molecule has 21 heavy (non-hydrogen) atoms. The summed E-state index contributed by atoms with van der Waals surface area (Å²) in [6.45, 7) is 6.80. The molecule has 126 valence electrons. The zero-order valence-corrected chi connectivity index (χ0v) is 15.4. The van der Waals surface area contributed by atoms with E-state index in [2.05, 4.69) is 26.8 Å². The van der Waals surface area contributed by atoms with Crippen LogP contribution >= 0.6 is 0 Å². The number of rotatable bonds is 16. The molecule has 0 aromatic carbocycles. The fourth-order valence-corrected chi connectivity index (χ4v) is 2.83. The van der Waals surface area contributed by atoms with Gasteiger partial charge in [0.2, 0.25) is 0 Å². The zero-order valence-electron chi connectivity index (χ0n) is 15.4. The Kier molecular flexibility index (Phi) is 17.6. The van der Waals surface area contributed by atoms with Gasteiger partial charge in [0.05, 0.1) is 0 Å². The van der Waals surface area contributed by atoms with E-state index in [-0.39, 0.29) is 0 Å². The SMILES string of the molecule is CCCCCCCCCCCCCCCC/C=C(\C)CC. The Labute approximate surface area is 135 Å². The molecule has 0 aliphatic carbocycles. The molecule has 0 heterocycles. The molecule has 0 radical (unpaired) electrons. The third-order valence-electron chi connectivity index (χ3n) is 4.61. The van der Waals surface area contributed by atoms with E-state index in [4.69, 9.17) is 0 Å². The van der Waals surface area contributed by atoms with Crippen molar-refractivity contribution in [1.82, 2.24) is 0 Å². The van der Waals surface area contributed by atoms with Gasteiger partial charge < -0.3 is 0 Å². The van der Waals surface area contributed by atoms with Crippen molar-refractivity contribution in [3.05, 3.63) is 11.6 Å². The van der Waals surface area contributed by atoms with Gasteiger partial charge in [0.15, 0.2) is 0 Å². The summed E-state index contributed by atoms with van der Waals surface area (Å²) in [7, 11) is 0. The largest absolute Gasteiger partial charge is 0.0856 e. The predicted molar refractivity (Wildman–Crippen MR) is 99.0 cm³/mol. The van der Waals surface area contributed by atoms with Crippen molar-refractivity contribution < 1.29 is 0 Å². The molecule has 0 bridgehead atoms. The third-order valence-corrected chi connectivity index (χ3v) is 4.61. The monoisotopic (exact) mass is 294 g/mol. The maximum atomic E-state index is 2.43. The van der Waals surface area contributed by atoms with E-state index in [0.717, 1.165) is 0 Å². The van der Waals surface area contributed by atoms with Crippen LogP contribution in [0, 0.1) is 0 Å². The molecule has 0 aliphatic heterocycles. The highest BCUT2D eigenvalue weighted by Crippen LogP contribution is 2.13. The molecule has 0 nitrogen and oxygen atoms in total. The second-order valence-electron chi connectivity index (χ2n) is 6.79. The van der Waals surface area contributed by atoms with Crippen LogP contribution in [0.4, 0.5) is 0 Å². The van der Waals surface area contributed by atoms with Crippen molar-refractivity contribution in [1.29, 1.82) is 0 Å². The van der Waals surface area contributed by atoms with Gasteiger partial charge in [-0.1, -0.05) is 109 Å². The maximum Gasteiger partial charge on any atom is -0.0348 e. The highest BCUT2D eigenvalue weighted by atomic mass is 14.0. The van der Waals surface area contributed by atoms with Crippen LogP contribution in [0.5, 0.6) is 0 Å². The normalized spacial score (nSPS) is 12.0. The van der Waals surface area contributed by atoms with Crippen molar-refractivity contribution in [2.75, 3.05) is 0 Å². The zero-order chi connectivity index (χ0) is 15.6. The van der Waals surface area contributed by atoms with E-state index in [1.54, 1.807) is 5.57 Å². The molecule has 0 fully saturated rings. The van der Waals surface area contributed by atoms with Gasteiger partial charge in [-0.15, -0.1) is 0 Å².